The highest BCUT2D eigenvalue weighted by Gasteiger charge is 2.42. The minimum atomic E-state index is -0.564. The molecule has 168 valence electrons. The Kier molecular flexibility index (Phi) is 6.55. The summed E-state index contributed by atoms with van der Waals surface area (Å²) in [6.45, 7) is 5.70. The Hall–Kier alpha value is -3.53. The van der Waals surface area contributed by atoms with Crippen LogP contribution in [-0.4, -0.2) is 17.5 Å². The number of rotatable bonds is 8. The van der Waals surface area contributed by atoms with E-state index in [1.165, 1.54) is 29.2 Å². The number of benzene rings is 3. The molecule has 0 radical (unpaired) electrons. The van der Waals surface area contributed by atoms with Crippen molar-refractivity contribution in [2.75, 3.05) is 0 Å². The molecular weight excluding hydrogens is 410 g/mol. The van der Waals surface area contributed by atoms with E-state index in [0.29, 0.717) is 11.1 Å². The highest BCUT2D eigenvalue weighted by molar-refractivity contribution is 6.51. The highest BCUT2D eigenvalue weighted by atomic mass is 16.7. The number of hydrogen-bond acceptors (Lipinski definition) is 4. The molecule has 0 aromatic heterocycles. The fourth-order valence-corrected chi connectivity index (χ4v) is 5.18. The minimum absolute atomic E-state index is 0.106. The minimum Gasteiger partial charge on any atom is -0.318 e. The molecule has 4 rings (SSSR count). The third-order valence-electron chi connectivity index (χ3n) is 6.41. The lowest BCUT2D eigenvalue weighted by atomic mass is 9.71. The summed E-state index contributed by atoms with van der Waals surface area (Å²) in [6, 6.07) is 23.7. The van der Waals surface area contributed by atoms with E-state index in [0.717, 1.165) is 25.7 Å². The summed E-state index contributed by atoms with van der Waals surface area (Å²) in [5.74, 6) is -0.825. The third-order valence-corrected chi connectivity index (χ3v) is 6.41. The summed E-state index contributed by atoms with van der Waals surface area (Å²) >= 11 is 0. The van der Waals surface area contributed by atoms with Gasteiger partial charge in [-0.05, 0) is 41.2 Å². The van der Waals surface area contributed by atoms with Gasteiger partial charge in [0.25, 0.3) is 0 Å². The summed E-state index contributed by atoms with van der Waals surface area (Å²) in [7, 11) is 0. The maximum absolute atomic E-state index is 13.6. The fraction of sp³-hybridized carbons (Fsp3) is 0.276. The maximum atomic E-state index is 13.6. The molecule has 0 aliphatic heterocycles. The van der Waals surface area contributed by atoms with Crippen molar-refractivity contribution in [1.29, 1.82) is 0 Å². The van der Waals surface area contributed by atoms with Crippen LogP contribution in [-0.2, 0) is 15.0 Å². The molecule has 3 aromatic carbocycles. The van der Waals surface area contributed by atoms with Crippen LogP contribution in [0.1, 0.15) is 73.5 Å². The van der Waals surface area contributed by atoms with Crippen molar-refractivity contribution >= 4 is 17.5 Å². The highest BCUT2D eigenvalue weighted by Crippen LogP contribution is 2.53. The molecule has 33 heavy (non-hydrogen) atoms. The number of carbonyl (C=O) groups excluding carboxylic acids is 2. The van der Waals surface area contributed by atoms with Crippen molar-refractivity contribution in [2.24, 2.45) is 5.16 Å². The average Bonchev–Trinajstić information content (AvgIpc) is 3.09. The topological polar surface area (TPSA) is 55.7 Å². The van der Waals surface area contributed by atoms with Gasteiger partial charge in [-0.1, -0.05) is 98.6 Å². The van der Waals surface area contributed by atoms with Gasteiger partial charge in [0.1, 0.15) is 0 Å². The third kappa shape index (κ3) is 4.13. The number of Topliss-reactive ketones (excluding diaryl/α,β-unsaturated/α-hetero) is 1. The Labute approximate surface area is 195 Å². The molecule has 0 saturated heterocycles. The Morgan fingerprint density at radius 1 is 0.788 bits per heavy atom. The molecule has 0 spiro atoms. The van der Waals surface area contributed by atoms with Gasteiger partial charge in [0, 0.05) is 23.5 Å². The molecule has 0 heterocycles. The molecule has 1 aliphatic rings. The van der Waals surface area contributed by atoms with E-state index in [9.17, 15) is 9.59 Å². The van der Waals surface area contributed by atoms with Gasteiger partial charge in [0.2, 0.25) is 5.78 Å². The van der Waals surface area contributed by atoms with Gasteiger partial charge in [-0.25, -0.2) is 4.79 Å². The van der Waals surface area contributed by atoms with Crippen LogP contribution in [0.3, 0.4) is 0 Å². The van der Waals surface area contributed by atoms with Crippen LogP contribution in [0.4, 0.5) is 0 Å². The molecule has 3 aromatic rings. The summed E-state index contributed by atoms with van der Waals surface area (Å²) in [4.78, 5) is 29.9. The maximum Gasteiger partial charge on any atom is 0.332 e. The molecule has 4 nitrogen and oxygen atoms in total. The zero-order valence-electron chi connectivity index (χ0n) is 19.4. The smallest absolute Gasteiger partial charge is 0.318 e. The average molecular weight is 440 g/mol. The van der Waals surface area contributed by atoms with Gasteiger partial charge in [-0.15, -0.1) is 0 Å². The fourth-order valence-electron chi connectivity index (χ4n) is 5.18. The molecule has 0 bridgehead atoms. The van der Waals surface area contributed by atoms with Crippen LogP contribution in [0.25, 0.3) is 11.1 Å². The van der Waals surface area contributed by atoms with Gasteiger partial charge in [0.05, 0.1) is 0 Å². The van der Waals surface area contributed by atoms with Gasteiger partial charge >= 0.3 is 5.97 Å². The second-order valence-electron chi connectivity index (χ2n) is 8.61. The molecule has 0 unspecified atom stereocenters. The lowest BCUT2D eigenvalue weighted by Gasteiger charge is -2.32. The number of nitrogens with zero attached hydrogens (tertiary/aromatic N) is 1. The molecule has 1 aliphatic carbocycles. The molecule has 0 N–H and O–H groups in total. The predicted molar refractivity (Wildman–Crippen MR) is 132 cm³/mol. The van der Waals surface area contributed by atoms with Crippen molar-refractivity contribution in [1.82, 2.24) is 0 Å². The van der Waals surface area contributed by atoms with Gasteiger partial charge in [-0.2, -0.15) is 0 Å². The van der Waals surface area contributed by atoms with E-state index < -0.39 is 5.97 Å². The summed E-state index contributed by atoms with van der Waals surface area (Å²) < 4.78 is 0. The van der Waals surface area contributed by atoms with Gasteiger partial charge < -0.3 is 4.84 Å². The number of fused-ring (bicyclic) bond motifs is 3. The van der Waals surface area contributed by atoms with Crippen LogP contribution < -0.4 is 0 Å². The molecule has 0 saturated carbocycles. The molecule has 0 fully saturated rings. The summed E-state index contributed by atoms with van der Waals surface area (Å²) in [5, 5.41) is 3.93. The number of oxime groups is 1. The summed E-state index contributed by atoms with van der Waals surface area (Å²) in [6.07, 6.45) is 4.15. The van der Waals surface area contributed by atoms with E-state index in [-0.39, 0.29) is 16.9 Å². The standard InChI is InChI=1S/C29H29NO3/c1-4-17-29(18-5-2)25-14-10-9-13-23(25)24-16-15-22(19-26(24)29)28(32)27(30-33-20(3)31)21-11-7-6-8-12-21/h6-16,19H,4-5,17-18H2,1-3H3/b30-27+. The molecular formula is C29H29NO3. The van der Waals surface area contributed by atoms with Crippen molar-refractivity contribution in [3.8, 4) is 11.1 Å². The molecule has 4 heteroatoms. The van der Waals surface area contributed by atoms with Gasteiger partial charge in [-0.3, -0.25) is 4.79 Å². The predicted octanol–water partition coefficient (Wildman–Crippen LogP) is 6.70. The van der Waals surface area contributed by atoms with Crippen molar-refractivity contribution in [2.45, 2.75) is 51.9 Å². The first-order valence-corrected chi connectivity index (χ1v) is 11.6. The first-order valence-electron chi connectivity index (χ1n) is 11.6. The Morgan fingerprint density at radius 3 is 2.09 bits per heavy atom. The zero-order valence-corrected chi connectivity index (χ0v) is 19.4. The van der Waals surface area contributed by atoms with Crippen LogP contribution in [0, 0.1) is 0 Å². The van der Waals surface area contributed by atoms with E-state index in [4.69, 9.17) is 4.84 Å². The van der Waals surface area contributed by atoms with E-state index in [1.54, 1.807) is 12.1 Å². The van der Waals surface area contributed by atoms with E-state index >= 15 is 0 Å². The lowest BCUT2D eigenvalue weighted by Crippen LogP contribution is -2.25. The monoisotopic (exact) mass is 439 g/mol. The summed E-state index contributed by atoms with van der Waals surface area (Å²) in [5.41, 5.74) is 6.19. The van der Waals surface area contributed by atoms with Crippen LogP contribution in [0.15, 0.2) is 78.0 Å². The van der Waals surface area contributed by atoms with Crippen LogP contribution in [0.5, 0.6) is 0 Å². The van der Waals surface area contributed by atoms with Crippen LogP contribution in [0.2, 0.25) is 0 Å². The first kappa shape index (κ1) is 22.7. The second kappa shape index (κ2) is 9.53. The Morgan fingerprint density at radius 2 is 1.42 bits per heavy atom. The lowest BCUT2D eigenvalue weighted by molar-refractivity contribution is -0.140. The quantitative estimate of drug-likeness (QED) is 0.170. The van der Waals surface area contributed by atoms with Crippen molar-refractivity contribution in [3.05, 3.63) is 95.1 Å². The van der Waals surface area contributed by atoms with Crippen LogP contribution >= 0.6 is 0 Å². The zero-order chi connectivity index (χ0) is 23.4. The largest absolute Gasteiger partial charge is 0.332 e. The Bertz CT molecular complexity index is 1200. The molecule has 0 amide bonds. The van der Waals surface area contributed by atoms with Crippen molar-refractivity contribution < 1.29 is 14.4 Å². The SMILES string of the molecule is CCCC1(CCC)c2ccccc2-c2ccc(C(=O)/C(=N/OC(C)=O)c3ccccc3)cc21. The number of carbonyl (C=O) groups is 2. The van der Waals surface area contributed by atoms with E-state index in [1.807, 2.05) is 30.3 Å². The number of ketones is 1. The van der Waals surface area contributed by atoms with Gasteiger partial charge in [0.15, 0.2) is 5.71 Å². The number of hydrogen-bond donors (Lipinski definition) is 0. The molecule has 0 atom stereocenters. The van der Waals surface area contributed by atoms with Crippen molar-refractivity contribution in [3.63, 3.8) is 0 Å². The first-order chi connectivity index (χ1) is 16.0. The Balaban J connectivity index is 1.85. The normalized spacial score (nSPS) is 13.8. The van der Waals surface area contributed by atoms with E-state index in [2.05, 4.69) is 49.3 Å². The second-order valence-corrected chi connectivity index (χ2v) is 8.61.